The average molecular weight is 342 g/mol. The van der Waals surface area contributed by atoms with Gasteiger partial charge in [0.05, 0.1) is 12.8 Å². The van der Waals surface area contributed by atoms with E-state index in [-0.39, 0.29) is 5.91 Å². The van der Waals surface area contributed by atoms with Gasteiger partial charge in [-0.15, -0.1) is 0 Å². The Hall–Kier alpha value is -2.60. The van der Waals surface area contributed by atoms with Gasteiger partial charge in [-0.3, -0.25) is 9.78 Å². The third-order valence-electron chi connectivity index (χ3n) is 3.71. The zero-order valence-corrected chi connectivity index (χ0v) is 15.3. The van der Waals surface area contributed by atoms with Crippen molar-refractivity contribution in [3.8, 4) is 5.75 Å². The van der Waals surface area contributed by atoms with E-state index >= 15 is 0 Å². The van der Waals surface area contributed by atoms with Gasteiger partial charge < -0.3 is 20.3 Å². The van der Waals surface area contributed by atoms with Crippen molar-refractivity contribution < 1.29 is 9.53 Å². The van der Waals surface area contributed by atoms with Gasteiger partial charge in [0, 0.05) is 18.4 Å². The second kappa shape index (κ2) is 9.03. The molecule has 0 atom stereocenters. The maximum Gasteiger partial charge on any atom is 0.274 e. The average Bonchev–Trinajstić information content (AvgIpc) is 2.59. The minimum atomic E-state index is -0.263. The second-order valence-electron chi connectivity index (χ2n) is 6.17. The normalized spacial score (nSPS) is 10.6. The van der Waals surface area contributed by atoms with Gasteiger partial charge in [0.2, 0.25) is 0 Å². The molecule has 0 fully saturated rings. The Labute approximate surface area is 149 Å². The molecule has 1 aromatic carbocycles. The standard InChI is InChI=1S/C19H26N4O2/c1-14-6-7-18(25-4)16(12-14)22-19(24)17-13-15(8-10-21-17)20-9-5-11-23(2)3/h6-8,10,12-13H,5,9,11H2,1-4H3,(H,20,21)(H,22,24). The summed E-state index contributed by atoms with van der Waals surface area (Å²) in [7, 11) is 5.68. The number of aryl methyl sites for hydroxylation is 1. The summed E-state index contributed by atoms with van der Waals surface area (Å²) in [5.74, 6) is 0.359. The fourth-order valence-electron chi connectivity index (χ4n) is 2.40. The van der Waals surface area contributed by atoms with Crippen molar-refractivity contribution in [2.24, 2.45) is 0 Å². The summed E-state index contributed by atoms with van der Waals surface area (Å²) in [6.07, 6.45) is 2.66. The van der Waals surface area contributed by atoms with E-state index in [0.717, 1.165) is 30.8 Å². The molecule has 1 amide bonds. The van der Waals surface area contributed by atoms with Crippen LogP contribution < -0.4 is 15.4 Å². The van der Waals surface area contributed by atoms with Gasteiger partial charge in [0.25, 0.3) is 5.91 Å². The Morgan fingerprint density at radius 1 is 1.24 bits per heavy atom. The van der Waals surface area contributed by atoms with E-state index in [1.54, 1.807) is 19.4 Å². The number of anilines is 2. The number of ether oxygens (including phenoxy) is 1. The van der Waals surface area contributed by atoms with Gasteiger partial charge in [0.1, 0.15) is 11.4 Å². The lowest BCUT2D eigenvalue weighted by Gasteiger charge is -2.12. The van der Waals surface area contributed by atoms with Crippen LogP contribution in [0.2, 0.25) is 0 Å². The highest BCUT2D eigenvalue weighted by Crippen LogP contribution is 2.25. The number of aromatic nitrogens is 1. The van der Waals surface area contributed by atoms with Gasteiger partial charge in [-0.2, -0.15) is 0 Å². The van der Waals surface area contributed by atoms with Crippen LogP contribution >= 0.6 is 0 Å². The number of nitrogens with zero attached hydrogens (tertiary/aromatic N) is 2. The van der Waals surface area contributed by atoms with Gasteiger partial charge in [-0.25, -0.2) is 0 Å². The first-order valence-electron chi connectivity index (χ1n) is 8.30. The monoisotopic (exact) mass is 342 g/mol. The lowest BCUT2D eigenvalue weighted by atomic mass is 10.2. The molecule has 0 spiro atoms. The molecule has 6 nitrogen and oxygen atoms in total. The lowest BCUT2D eigenvalue weighted by Crippen LogP contribution is -2.17. The van der Waals surface area contributed by atoms with Crippen molar-refractivity contribution in [3.05, 3.63) is 47.8 Å². The van der Waals surface area contributed by atoms with Crippen LogP contribution in [0, 0.1) is 6.92 Å². The molecular formula is C19H26N4O2. The molecule has 2 aromatic rings. The first-order chi connectivity index (χ1) is 12.0. The summed E-state index contributed by atoms with van der Waals surface area (Å²) in [6, 6.07) is 9.26. The summed E-state index contributed by atoms with van der Waals surface area (Å²) in [6.45, 7) is 3.82. The van der Waals surface area contributed by atoms with Crippen LogP contribution in [0.3, 0.4) is 0 Å². The highest BCUT2D eigenvalue weighted by Gasteiger charge is 2.12. The smallest absolute Gasteiger partial charge is 0.274 e. The van der Waals surface area contributed by atoms with Crippen molar-refractivity contribution in [1.29, 1.82) is 0 Å². The van der Waals surface area contributed by atoms with E-state index in [0.29, 0.717) is 17.1 Å². The van der Waals surface area contributed by atoms with Gasteiger partial charge in [-0.05, 0) is 63.8 Å². The number of methoxy groups -OCH3 is 1. The molecule has 1 heterocycles. The SMILES string of the molecule is COc1ccc(C)cc1NC(=O)c1cc(NCCCN(C)C)ccn1. The minimum Gasteiger partial charge on any atom is -0.495 e. The molecule has 134 valence electrons. The topological polar surface area (TPSA) is 66.5 Å². The van der Waals surface area contributed by atoms with Crippen LogP contribution in [0.15, 0.2) is 36.5 Å². The number of rotatable bonds is 8. The number of carbonyl (C=O) groups excluding carboxylic acids is 1. The van der Waals surface area contributed by atoms with Crippen LogP contribution in [0.1, 0.15) is 22.5 Å². The Balaban J connectivity index is 2.02. The quantitative estimate of drug-likeness (QED) is 0.722. The molecule has 6 heteroatoms. The Morgan fingerprint density at radius 3 is 2.76 bits per heavy atom. The first kappa shape index (κ1) is 18.7. The lowest BCUT2D eigenvalue weighted by molar-refractivity contribution is 0.102. The molecule has 0 aliphatic carbocycles. The molecule has 25 heavy (non-hydrogen) atoms. The van der Waals surface area contributed by atoms with Crippen LogP contribution in [-0.2, 0) is 0 Å². The summed E-state index contributed by atoms with van der Waals surface area (Å²) < 4.78 is 5.29. The Bertz CT molecular complexity index is 716. The van der Waals surface area contributed by atoms with E-state index in [9.17, 15) is 4.79 Å². The molecule has 2 N–H and O–H groups in total. The number of nitrogens with one attached hydrogen (secondary N) is 2. The zero-order chi connectivity index (χ0) is 18.2. The number of hydrogen-bond acceptors (Lipinski definition) is 5. The molecule has 2 rings (SSSR count). The van der Waals surface area contributed by atoms with Crippen molar-refractivity contribution >= 4 is 17.3 Å². The minimum absolute atomic E-state index is 0.263. The Morgan fingerprint density at radius 2 is 2.04 bits per heavy atom. The molecule has 0 saturated carbocycles. The van der Waals surface area contributed by atoms with Crippen molar-refractivity contribution in [2.45, 2.75) is 13.3 Å². The molecule has 0 unspecified atom stereocenters. The van der Waals surface area contributed by atoms with Crippen LogP contribution in [0.4, 0.5) is 11.4 Å². The first-order valence-corrected chi connectivity index (χ1v) is 8.30. The molecule has 0 radical (unpaired) electrons. The van der Waals surface area contributed by atoms with E-state index in [4.69, 9.17) is 4.74 Å². The number of pyridine rings is 1. The fourth-order valence-corrected chi connectivity index (χ4v) is 2.40. The largest absolute Gasteiger partial charge is 0.495 e. The predicted molar refractivity (Wildman–Crippen MR) is 102 cm³/mol. The molecule has 0 bridgehead atoms. The van der Waals surface area contributed by atoms with Crippen LogP contribution in [-0.4, -0.2) is 50.1 Å². The van der Waals surface area contributed by atoms with Crippen molar-refractivity contribution in [1.82, 2.24) is 9.88 Å². The summed E-state index contributed by atoms with van der Waals surface area (Å²) >= 11 is 0. The van der Waals surface area contributed by atoms with E-state index in [1.165, 1.54) is 0 Å². The van der Waals surface area contributed by atoms with Gasteiger partial charge >= 0.3 is 0 Å². The van der Waals surface area contributed by atoms with E-state index in [2.05, 4.69) is 34.6 Å². The molecule has 1 aromatic heterocycles. The second-order valence-corrected chi connectivity index (χ2v) is 6.17. The number of amides is 1. The van der Waals surface area contributed by atoms with Gasteiger partial charge in [-0.1, -0.05) is 6.07 Å². The predicted octanol–water partition coefficient (Wildman–Crippen LogP) is 3.01. The molecular weight excluding hydrogens is 316 g/mol. The van der Waals surface area contributed by atoms with Crippen molar-refractivity contribution in [2.75, 3.05) is 44.9 Å². The maximum absolute atomic E-state index is 12.5. The summed E-state index contributed by atoms with van der Waals surface area (Å²) in [4.78, 5) is 18.8. The van der Waals surface area contributed by atoms with E-state index < -0.39 is 0 Å². The summed E-state index contributed by atoms with van der Waals surface area (Å²) in [5, 5.41) is 6.19. The number of carbonyl (C=O) groups is 1. The summed E-state index contributed by atoms with van der Waals surface area (Å²) in [5.41, 5.74) is 2.93. The number of benzene rings is 1. The number of hydrogen-bond donors (Lipinski definition) is 2. The van der Waals surface area contributed by atoms with Gasteiger partial charge in [0.15, 0.2) is 0 Å². The molecule has 0 aliphatic heterocycles. The highest BCUT2D eigenvalue weighted by atomic mass is 16.5. The van der Waals surface area contributed by atoms with Crippen LogP contribution in [0.25, 0.3) is 0 Å². The van der Waals surface area contributed by atoms with E-state index in [1.807, 2.05) is 31.2 Å². The third kappa shape index (κ3) is 5.76. The van der Waals surface area contributed by atoms with Crippen LogP contribution in [0.5, 0.6) is 5.75 Å². The Kier molecular flexibility index (Phi) is 6.77. The highest BCUT2D eigenvalue weighted by molar-refractivity contribution is 6.04. The van der Waals surface area contributed by atoms with Crippen molar-refractivity contribution in [3.63, 3.8) is 0 Å². The fraction of sp³-hybridized carbons (Fsp3) is 0.368. The maximum atomic E-state index is 12.5. The zero-order valence-electron chi connectivity index (χ0n) is 15.3. The third-order valence-corrected chi connectivity index (χ3v) is 3.71. The molecule has 0 saturated heterocycles. The molecule has 0 aliphatic rings.